The second-order valence-corrected chi connectivity index (χ2v) is 7.64. The maximum absolute atomic E-state index is 6.22. The Balaban J connectivity index is 1.44. The third kappa shape index (κ3) is 3.77. The topological polar surface area (TPSA) is 48.8 Å². The van der Waals surface area contributed by atoms with Gasteiger partial charge in [0, 0.05) is 71.0 Å². The molecule has 1 spiro atoms. The summed E-state index contributed by atoms with van der Waals surface area (Å²) in [5.41, 5.74) is 1.26. The van der Waals surface area contributed by atoms with Crippen LogP contribution in [0.15, 0.2) is 12.3 Å². The van der Waals surface area contributed by atoms with Crippen LogP contribution in [0.2, 0.25) is 0 Å². The Hall–Kier alpha value is -0.950. The van der Waals surface area contributed by atoms with E-state index in [0.717, 1.165) is 71.9 Å². The van der Waals surface area contributed by atoms with E-state index in [1.165, 1.54) is 12.1 Å². The minimum absolute atomic E-state index is 0.0205. The molecule has 140 valence electrons. The van der Waals surface area contributed by atoms with E-state index in [1.807, 2.05) is 6.20 Å². The van der Waals surface area contributed by atoms with Crippen molar-refractivity contribution in [3.05, 3.63) is 18.0 Å². The molecule has 0 N–H and O–H groups in total. The van der Waals surface area contributed by atoms with Gasteiger partial charge in [0.05, 0.1) is 17.9 Å². The van der Waals surface area contributed by atoms with E-state index in [1.54, 1.807) is 0 Å². The summed E-state index contributed by atoms with van der Waals surface area (Å²) in [5, 5.41) is 4.45. The lowest BCUT2D eigenvalue weighted by atomic mass is 9.88. The predicted octanol–water partition coefficient (Wildman–Crippen LogP) is 2.25. The summed E-state index contributed by atoms with van der Waals surface area (Å²) in [6.07, 6.45) is 6.51. The smallest absolute Gasteiger partial charge is 0.103 e. The van der Waals surface area contributed by atoms with Crippen molar-refractivity contribution in [1.29, 1.82) is 0 Å². The van der Waals surface area contributed by atoms with Crippen molar-refractivity contribution in [1.82, 2.24) is 14.7 Å². The van der Waals surface area contributed by atoms with E-state index in [-0.39, 0.29) is 11.7 Å². The van der Waals surface area contributed by atoms with Gasteiger partial charge in [-0.25, -0.2) is 0 Å². The van der Waals surface area contributed by atoms with Gasteiger partial charge in [-0.1, -0.05) is 0 Å². The van der Waals surface area contributed by atoms with Crippen molar-refractivity contribution < 1.29 is 14.2 Å². The van der Waals surface area contributed by atoms with Crippen LogP contribution in [0.5, 0.6) is 0 Å². The quantitative estimate of drug-likeness (QED) is 0.834. The molecular weight excluding hydrogens is 318 g/mol. The third-order valence-electron chi connectivity index (χ3n) is 6.01. The van der Waals surface area contributed by atoms with Crippen LogP contribution >= 0.6 is 0 Å². The monoisotopic (exact) mass is 349 g/mol. The summed E-state index contributed by atoms with van der Waals surface area (Å²) in [4.78, 5) is 2.60. The van der Waals surface area contributed by atoms with E-state index >= 15 is 0 Å². The molecule has 3 saturated heterocycles. The molecule has 3 fully saturated rings. The summed E-state index contributed by atoms with van der Waals surface area (Å²) in [6, 6.07) is 2.13. The number of hydrogen-bond acceptors (Lipinski definition) is 5. The fraction of sp³-hybridized carbons (Fsp3) is 0.842. The van der Waals surface area contributed by atoms with E-state index in [2.05, 4.69) is 27.7 Å². The van der Waals surface area contributed by atoms with Gasteiger partial charge in [-0.2, -0.15) is 5.10 Å². The van der Waals surface area contributed by atoms with E-state index in [9.17, 15) is 0 Å². The van der Waals surface area contributed by atoms with Crippen molar-refractivity contribution in [2.45, 2.75) is 50.9 Å². The Morgan fingerprint density at radius 2 is 2.12 bits per heavy atom. The van der Waals surface area contributed by atoms with E-state index in [4.69, 9.17) is 14.2 Å². The SMILES string of the molecule is CCn1nccc1[C@@H]1OCCC[C@H]1CN1CCOC2(CCOCC2)C1. The van der Waals surface area contributed by atoms with Crippen molar-refractivity contribution in [2.75, 3.05) is 46.1 Å². The molecule has 1 aromatic heterocycles. The molecular formula is C19H31N3O3. The van der Waals surface area contributed by atoms with Crippen LogP contribution in [0.4, 0.5) is 0 Å². The van der Waals surface area contributed by atoms with Crippen LogP contribution in [0.3, 0.4) is 0 Å². The highest BCUT2D eigenvalue weighted by atomic mass is 16.5. The molecule has 0 aliphatic carbocycles. The minimum Gasteiger partial charge on any atom is -0.381 e. The van der Waals surface area contributed by atoms with Gasteiger partial charge in [0.25, 0.3) is 0 Å². The van der Waals surface area contributed by atoms with Crippen LogP contribution in [0.1, 0.15) is 44.4 Å². The lowest BCUT2D eigenvalue weighted by Gasteiger charge is -2.46. The Kier molecular flexibility index (Phi) is 5.41. The molecule has 3 aliphatic heterocycles. The van der Waals surface area contributed by atoms with Gasteiger partial charge in [0.2, 0.25) is 0 Å². The Morgan fingerprint density at radius 3 is 2.96 bits per heavy atom. The normalized spacial score (nSPS) is 30.6. The Morgan fingerprint density at radius 1 is 1.24 bits per heavy atom. The summed E-state index contributed by atoms with van der Waals surface area (Å²) in [5.74, 6) is 0.533. The van der Waals surface area contributed by atoms with Crippen LogP contribution in [0.25, 0.3) is 0 Å². The number of ether oxygens (including phenoxy) is 3. The van der Waals surface area contributed by atoms with Crippen molar-refractivity contribution >= 4 is 0 Å². The molecule has 6 heteroatoms. The molecule has 4 rings (SSSR count). The summed E-state index contributed by atoms with van der Waals surface area (Å²) in [6.45, 7) is 9.56. The molecule has 3 aliphatic rings. The highest BCUT2D eigenvalue weighted by molar-refractivity contribution is 5.08. The molecule has 4 heterocycles. The molecule has 0 saturated carbocycles. The second-order valence-electron chi connectivity index (χ2n) is 7.64. The number of hydrogen-bond donors (Lipinski definition) is 0. The van der Waals surface area contributed by atoms with Crippen molar-refractivity contribution in [3.63, 3.8) is 0 Å². The number of rotatable bonds is 4. The molecule has 0 radical (unpaired) electrons. The Labute approximate surface area is 150 Å². The number of nitrogens with zero attached hydrogens (tertiary/aromatic N) is 3. The van der Waals surface area contributed by atoms with Crippen LogP contribution in [0, 0.1) is 5.92 Å². The molecule has 25 heavy (non-hydrogen) atoms. The predicted molar refractivity (Wildman–Crippen MR) is 94.5 cm³/mol. The highest BCUT2D eigenvalue weighted by Gasteiger charge is 2.40. The summed E-state index contributed by atoms with van der Waals surface area (Å²) >= 11 is 0. The number of aromatic nitrogens is 2. The molecule has 6 nitrogen and oxygen atoms in total. The standard InChI is InChI=1S/C19H31N3O3/c1-2-22-17(5-8-20-22)18-16(4-3-10-24-18)14-21-9-13-25-19(15-21)6-11-23-12-7-19/h5,8,16,18H,2-4,6-7,9-15H2,1H3/t16-,18+/m0/s1. The van der Waals surface area contributed by atoms with Crippen LogP contribution in [-0.2, 0) is 20.8 Å². The zero-order valence-corrected chi connectivity index (χ0v) is 15.4. The third-order valence-corrected chi connectivity index (χ3v) is 6.01. The van der Waals surface area contributed by atoms with Gasteiger partial charge in [-0.3, -0.25) is 9.58 Å². The number of morpholine rings is 1. The molecule has 0 aromatic carbocycles. The first-order chi connectivity index (χ1) is 12.3. The van der Waals surface area contributed by atoms with Crippen LogP contribution < -0.4 is 0 Å². The minimum atomic E-state index is 0.0205. The maximum atomic E-state index is 6.22. The lowest BCUT2D eigenvalue weighted by molar-refractivity contribution is -0.159. The molecule has 2 atom stereocenters. The summed E-state index contributed by atoms with van der Waals surface area (Å²) in [7, 11) is 0. The van der Waals surface area contributed by atoms with Crippen molar-refractivity contribution in [3.8, 4) is 0 Å². The largest absolute Gasteiger partial charge is 0.381 e. The Bertz CT molecular complexity index is 550. The zero-order valence-electron chi connectivity index (χ0n) is 15.4. The molecule has 1 aromatic rings. The van der Waals surface area contributed by atoms with Gasteiger partial charge >= 0.3 is 0 Å². The van der Waals surface area contributed by atoms with Gasteiger partial charge in [0.15, 0.2) is 0 Å². The maximum Gasteiger partial charge on any atom is 0.103 e. The van der Waals surface area contributed by atoms with Crippen LogP contribution in [-0.4, -0.2) is 66.3 Å². The van der Waals surface area contributed by atoms with Gasteiger partial charge < -0.3 is 14.2 Å². The first-order valence-electron chi connectivity index (χ1n) is 9.87. The first kappa shape index (κ1) is 17.5. The number of aryl methyl sites for hydroxylation is 1. The average molecular weight is 349 g/mol. The molecule has 0 unspecified atom stereocenters. The first-order valence-corrected chi connectivity index (χ1v) is 9.87. The van der Waals surface area contributed by atoms with Gasteiger partial charge in [-0.05, 0) is 25.8 Å². The van der Waals surface area contributed by atoms with Crippen molar-refractivity contribution in [2.24, 2.45) is 5.92 Å². The molecule has 0 bridgehead atoms. The summed E-state index contributed by atoms with van der Waals surface area (Å²) < 4.78 is 20.0. The fourth-order valence-electron chi connectivity index (χ4n) is 4.66. The van der Waals surface area contributed by atoms with Gasteiger partial charge in [0.1, 0.15) is 6.10 Å². The molecule has 0 amide bonds. The lowest BCUT2D eigenvalue weighted by Crippen LogP contribution is -2.55. The average Bonchev–Trinajstić information content (AvgIpc) is 3.11. The van der Waals surface area contributed by atoms with Gasteiger partial charge in [-0.15, -0.1) is 0 Å². The zero-order chi connectivity index (χ0) is 17.1. The highest BCUT2D eigenvalue weighted by Crippen LogP contribution is 2.36. The van der Waals surface area contributed by atoms with E-state index in [0.29, 0.717) is 5.92 Å². The van der Waals surface area contributed by atoms with E-state index < -0.39 is 0 Å². The fourth-order valence-corrected chi connectivity index (χ4v) is 4.66. The second kappa shape index (κ2) is 7.74.